The van der Waals surface area contributed by atoms with Crippen molar-refractivity contribution in [2.75, 3.05) is 7.11 Å². The molecule has 0 fully saturated rings. The van der Waals surface area contributed by atoms with Crippen LogP contribution in [0.1, 0.15) is 16.0 Å². The highest BCUT2D eigenvalue weighted by Gasteiger charge is 2.17. The van der Waals surface area contributed by atoms with Gasteiger partial charge >= 0.3 is 0 Å². The largest absolute Gasteiger partial charge is 0.497 e. The minimum atomic E-state index is 0.0818. The minimum absolute atomic E-state index is 0.0818. The van der Waals surface area contributed by atoms with Crippen molar-refractivity contribution < 1.29 is 4.74 Å². The summed E-state index contributed by atoms with van der Waals surface area (Å²) in [4.78, 5) is 0.0818. The van der Waals surface area contributed by atoms with Gasteiger partial charge in [-0.15, -0.1) is 0 Å². The van der Waals surface area contributed by atoms with Gasteiger partial charge in [0.15, 0.2) is 0 Å². The van der Waals surface area contributed by atoms with Crippen molar-refractivity contribution in [1.82, 2.24) is 0 Å². The standard InChI is InChI=1S/C14H10Br2ClIO/c1-19-9-3-4-10(12(15)7-9)14(16)11-6-8(17)2-5-13(11)18/h2-7,14H,1H3. The molecule has 2 rings (SSSR count). The van der Waals surface area contributed by atoms with Crippen LogP contribution in [0.15, 0.2) is 40.9 Å². The molecule has 2 aromatic carbocycles. The van der Waals surface area contributed by atoms with Crippen LogP contribution in [-0.4, -0.2) is 7.11 Å². The van der Waals surface area contributed by atoms with Crippen molar-refractivity contribution in [3.63, 3.8) is 0 Å². The summed E-state index contributed by atoms with van der Waals surface area (Å²) >= 11 is 15.7. The Morgan fingerprint density at radius 2 is 1.89 bits per heavy atom. The summed E-state index contributed by atoms with van der Waals surface area (Å²) < 4.78 is 7.39. The second kappa shape index (κ2) is 6.78. The topological polar surface area (TPSA) is 9.23 Å². The fourth-order valence-corrected chi connectivity index (χ4v) is 4.64. The minimum Gasteiger partial charge on any atom is -0.497 e. The zero-order valence-corrected chi connectivity index (χ0v) is 16.0. The second-order valence-electron chi connectivity index (χ2n) is 3.92. The van der Waals surface area contributed by atoms with Crippen LogP contribution in [-0.2, 0) is 0 Å². The van der Waals surface area contributed by atoms with Gasteiger partial charge in [0.25, 0.3) is 0 Å². The Bertz CT molecular complexity index is 604. The number of hydrogen-bond donors (Lipinski definition) is 0. The van der Waals surface area contributed by atoms with Gasteiger partial charge in [-0.05, 0) is 64.0 Å². The zero-order chi connectivity index (χ0) is 14.0. The molecule has 1 unspecified atom stereocenters. The molecule has 0 amide bonds. The normalized spacial score (nSPS) is 12.3. The van der Waals surface area contributed by atoms with Crippen molar-refractivity contribution in [2.45, 2.75) is 4.83 Å². The lowest BCUT2D eigenvalue weighted by molar-refractivity contribution is 0.414. The molecule has 19 heavy (non-hydrogen) atoms. The van der Waals surface area contributed by atoms with Gasteiger partial charge in [-0.2, -0.15) is 0 Å². The lowest BCUT2D eigenvalue weighted by Gasteiger charge is -2.15. The third kappa shape index (κ3) is 3.65. The van der Waals surface area contributed by atoms with E-state index in [2.05, 4.69) is 54.5 Å². The van der Waals surface area contributed by atoms with Crippen molar-refractivity contribution in [2.24, 2.45) is 0 Å². The van der Waals surface area contributed by atoms with E-state index in [9.17, 15) is 0 Å². The smallest absolute Gasteiger partial charge is 0.120 e. The first-order valence-corrected chi connectivity index (χ1v) is 8.62. The molecule has 2 aromatic rings. The number of alkyl halides is 1. The third-order valence-corrected chi connectivity index (χ3v) is 5.60. The molecule has 0 radical (unpaired) electrons. The molecule has 5 heteroatoms. The van der Waals surface area contributed by atoms with Crippen LogP contribution in [0.3, 0.4) is 0 Å². The van der Waals surface area contributed by atoms with Crippen molar-refractivity contribution >= 4 is 66.1 Å². The van der Waals surface area contributed by atoms with E-state index in [1.54, 1.807) is 7.11 Å². The molecule has 0 heterocycles. The summed E-state index contributed by atoms with van der Waals surface area (Å²) in [7, 11) is 1.66. The van der Waals surface area contributed by atoms with E-state index in [0.29, 0.717) is 0 Å². The first-order chi connectivity index (χ1) is 9.02. The zero-order valence-electron chi connectivity index (χ0n) is 9.96. The average Bonchev–Trinajstić information content (AvgIpc) is 2.40. The van der Waals surface area contributed by atoms with Gasteiger partial charge in [0.05, 0.1) is 11.9 Å². The molecule has 0 bridgehead atoms. The number of benzene rings is 2. The highest BCUT2D eigenvalue weighted by atomic mass is 127. The molecule has 0 aliphatic heterocycles. The number of rotatable bonds is 3. The maximum absolute atomic E-state index is 6.08. The quantitative estimate of drug-likeness (QED) is 0.349. The van der Waals surface area contributed by atoms with E-state index in [1.165, 1.54) is 3.57 Å². The Kier molecular flexibility index (Phi) is 5.57. The van der Waals surface area contributed by atoms with E-state index in [-0.39, 0.29) is 4.83 Å². The summed E-state index contributed by atoms with van der Waals surface area (Å²) in [5, 5.41) is 0.740. The Balaban J connectivity index is 2.43. The Morgan fingerprint density at radius 1 is 1.16 bits per heavy atom. The second-order valence-corrected chi connectivity index (χ2v) is 7.28. The number of hydrogen-bond acceptors (Lipinski definition) is 1. The summed E-state index contributed by atoms with van der Waals surface area (Å²) in [6, 6.07) is 11.9. The van der Waals surface area contributed by atoms with E-state index in [1.807, 2.05) is 36.4 Å². The number of methoxy groups -OCH3 is 1. The first-order valence-electron chi connectivity index (χ1n) is 5.45. The first kappa shape index (κ1) is 15.6. The molecule has 1 nitrogen and oxygen atoms in total. The fraction of sp³-hybridized carbons (Fsp3) is 0.143. The van der Waals surface area contributed by atoms with Crippen LogP contribution in [0, 0.1) is 3.57 Å². The Labute approximate surface area is 148 Å². The maximum atomic E-state index is 6.08. The molecule has 0 aromatic heterocycles. The number of halogens is 4. The van der Waals surface area contributed by atoms with Gasteiger partial charge in [0.1, 0.15) is 5.75 Å². The Hall–Kier alpha value is 0.220. The molecule has 0 saturated heterocycles. The monoisotopic (exact) mass is 514 g/mol. The average molecular weight is 516 g/mol. The van der Waals surface area contributed by atoms with Crippen LogP contribution in [0.5, 0.6) is 5.75 Å². The van der Waals surface area contributed by atoms with Crippen molar-refractivity contribution in [3.8, 4) is 5.75 Å². The van der Waals surface area contributed by atoms with Gasteiger partial charge in [-0.3, -0.25) is 0 Å². The molecule has 0 saturated carbocycles. The van der Waals surface area contributed by atoms with Crippen LogP contribution in [0.2, 0.25) is 5.02 Å². The Morgan fingerprint density at radius 3 is 2.53 bits per heavy atom. The summed E-state index contributed by atoms with van der Waals surface area (Å²) in [6.07, 6.45) is 0. The summed E-state index contributed by atoms with van der Waals surface area (Å²) in [5.41, 5.74) is 2.29. The molecule has 1 atom stereocenters. The molecule has 0 aliphatic rings. The van der Waals surface area contributed by atoms with Gasteiger partial charge in [-0.1, -0.05) is 49.5 Å². The highest BCUT2D eigenvalue weighted by molar-refractivity contribution is 14.1. The lowest BCUT2D eigenvalue weighted by Crippen LogP contribution is -1.97. The SMILES string of the molecule is COc1ccc(C(Br)c2cc(Cl)ccc2I)c(Br)c1. The van der Waals surface area contributed by atoms with Gasteiger partial charge < -0.3 is 4.74 Å². The van der Waals surface area contributed by atoms with Gasteiger partial charge in [-0.25, -0.2) is 0 Å². The number of ether oxygens (including phenoxy) is 1. The van der Waals surface area contributed by atoms with E-state index in [4.69, 9.17) is 16.3 Å². The van der Waals surface area contributed by atoms with E-state index < -0.39 is 0 Å². The maximum Gasteiger partial charge on any atom is 0.120 e. The molecule has 0 aliphatic carbocycles. The predicted molar refractivity (Wildman–Crippen MR) is 95.6 cm³/mol. The van der Waals surface area contributed by atoms with E-state index in [0.717, 1.165) is 26.4 Å². The highest BCUT2D eigenvalue weighted by Crippen LogP contribution is 2.39. The van der Waals surface area contributed by atoms with Crippen LogP contribution in [0.25, 0.3) is 0 Å². The lowest BCUT2D eigenvalue weighted by atomic mass is 10.0. The van der Waals surface area contributed by atoms with Crippen LogP contribution in [0.4, 0.5) is 0 Å². The van der Waals surface area contributed by atoms with Gasteiger partial charge in [0, 0.05) is 13.1 Å². The third-order valence-electron chi connectivity index (χ3n) is 2.71. The summed E-state index contributed by atoms with van der Waals surface area (Å²) in [6.45, 7) is 0. The van der Waals surface area contributed by atoms with Gasteiger partial charge in [0.2, 0.25) is 0 Å². The van der Waals surface area contributed by atoms with Crippen molar-refractivity contribution in [3.05, 3.63) is 60.6 Å². The van der Waals surface area contributed by atoms with Crippen LogP contribution >= 0.6 is 66.1 Å². The van der Waals surface area contributed by atoms with Crippen LogP contribution < -0.4 is 4.74 Å². The fourth-order valence-electron chi connectivity index (χ4n) is 1.72. The molecule has 100 valence electrons. The predicted octanol–water partition coefficient (Wildman–Crippen LogP) is 6.20. The molecular weight excluding hydrogens is 506 g/mol. The molecule has 0 spiro atoms. The molecular formula is C14H10Br2ClIO. The van der Waals surface area contributed by atoms with E-state index >= 15 is 0 Å². The molecule has 0 N–H and O–H groups in total. The summed E-state index contributed by atoms with van der Waals surface area (Å²) in [5.74, 6) is 0.830. The van der Waals surface area contributed by atoms with Crippen molar-refractivity contribution in [1.29, 1.82) is 0 Å².